The first-order valence-electron chi connectivity index (χ1n) is 12.7. The number of hydrazone groups is 1. The molecule has 1 amide bonds. The molecule has 2 heterocycles. The number of phenolic OH excluding ortho intramolecular Hbond substituents is 1. The molecule has 0 aliphatic carbocycles. The lowest BCUT2D eigenvalue weighted by Crippen LogP contribution is -2.32. The number of amidine groups is 1. The normalized spacial score (nSPS) is 12.3. The van der Waals surface area contributed by atoms with Crippen molar-refractivity contribution in [3.05, 3.63) is 119 Å². The second-order valence-electron chi connectivity index (χ2n) is 9.47. The summed E-state index contributed by atoms with van der Waals surface area (Å²) in [4.78, 5) is 21.1. The Morgan fingerprint density at radius 2 is 1.85 bits per heavy atom. The van der Waals surface area contributed by atoms with Gasteiger partial charge in [-0.15, -0.1) is 5.10 Å². The number of aromatic hydroxyl groups is 1. The molecule has 0 bridgehead atoms. The maximum atomic E-state index is 14.1. The molecular weight excluding hydrogens is 528 g/mol. The van der Waals surface area contributed by atoms with Crippen LogP contribution in [0.2, 0.25) is 0 Å². The minimum absolute atomic E-state index is 0.00575. The highest BCUT2D eigenvalue weighted by atomic mass is 19.1. The maximum absolute atomic E-state index is 14.1. The van der Waals surface area contributed by atoms with E-state index in [1.165, 1.54) is 12.1 Å². The molecular formula is C30H27F2N7O2. The summed E-state index contributed by atoms with van der Waals surface area (Å²) in [7, 11) is 0. The molecule has 0 spiro atoms. The molecule has 0 aliphatic heterocycles. The number of fused-ring (bicyclic) bond motifs is 1. The highest BCUT2D eigenvalue weighted by Crippen LogP contribution is 2.30. The molecule has 1 unspecified atom stereocenters. The van der Waals surface area contributed by atoms with Crippen LogP contribution in [-0.2, 0) is 17.6 Å². The van der Waals surface area contributed by atoms with Crippen LogP contribution < -0.4 is 22.4 Å². The van der Waals surface area contributed by atoms with E-state index in [0.29, 0.717) is 33.3 Å². The first kappa shape index (κ1) is 27.3. The number of nitrogens with two attached hydrogens (primary N) is 2. The number of carbonyl (C=O) groups is 1. The van der Waals surface area contributed by atoms with Gasteiger partial charge in [-0.05, 0) is 65.6 Å². The van der Waals surface area contributed by atoms with Crippen LogP contribution in [0.1, 0.15) is 28.4 Å². The first-order chi connectivity index (χ1) is 19.8. The van der Waals surface area contributed by atoms with E-state index in [1.54, 1.807) is 54.9 Å². The largest absolute Gasteiger partial charge is 0.508 e. The third-order valence-corrected chi connectivity index (χ3v) is 6.62. The van der Waals surface area contributed by atoms with Gasteiger partial charge in [0, 0.05) is 40.5 Å². The van der Waals surface area contributed by atoms with Crippen molar-refractivity contribution in [3.8, 4) is 16.9 Å². The number of nitrogens with zero attached hydrogens (tertiary/aromatic N) is 2. The number of rotatable bonds is 9. The molecule has 0 saturated heterocycles. The summed E-state index contributed by atoms with van der Waals surface area (Å²) in [6, 6.07) is 18.2. The molecule has 8 N–H and O–H groups in total. The fraction of sp³-hybridized carbons (Fsp3) is 0.100. The highest BCUT2D eigenvalue weighted by molar-refractivity contribution is 5.98. The number of aromatic amines is 1. The molecule has 11 heteroatoms. The quantitative estimate of drug-likeness (QED) is 0.0701. The minimum Gasteiger partial charge on any atom is -0.508 e. The summed E-state index contributed by atoms with van der Waals surface area (Å²) in [6.07, 6.45) is 3.36. The molecule has 0 aliphatic rings. The van der Waals surface area contributed by atoms with Crippen LogP contribution in [0.5, 0.6) is 5.75 Å². The first-order valence-corrected chi connectivity index (χ1v) is 12.7. The van der Waals surface area contributed by atoms with Crippen molar-refractivity contribution in [2.75, 3.05) is 0 Å². The zero-order valence-corrected chi connectivity index (χ0v) is 21.7. The molecule has 0 fully saturated rings. The second-order valence-corrected chi connectivity index (χ2v) is 9.47. The number of halogens is 2. The third kappa shape index (κ3) is 6.31. The lowest BCUT2D eigenvalue weighted by atomic mass is 9.94. The summed E-state index contributed by atoms with van der Waals surface area (Å²) < 4.78 is 28.2. The Kier molecular flexibility index (Phi) is 7.88. The summed E-state index contributed by atoms with van der Waals surface area (Å²) in [5, 5.41) is 17.5. The molecule has 2 aromatic heterocycles. The van der Waals surface area contributed by atoms with Gasteiger partial charge in [-0.3, -0.25) is 9.78 Å². The molecule has 0 radical (unpaired) electrons. The Labute approximate surface area is 233 Å². The Bertz CT molecular complexity index is 1730. The molecule has 3 aromatic carbocycles. The number of nitrogens with one attached hydrogen (secondary N) is 3. The van der Waals surface area contributed by atoms with E-state index in [1.807, 2.05) is 12.1 Å². The van der Waals surface area contributed by atoms with Crippen molar-refractivity contribution < 1.29 is 18.7 Å². The number of pyridine rings is 1. The average molecular weight is 556 g/mol. The smallest absolute Gasteiger partial charge is 0.225 e. The Morgan fingerprint density at radius 3 is 2.63 bits per heavy atom. The summed E-state index contributed by atoms with van der Waals surface area (Å²) in [6.45, 7) is 0. The predicted octanol–water partition coefficient (Wildman–Crippen LogP) is 3.94. The van der Waals surface area contributed by atoms with E-state index in [-0.39, 0.29) is 30.3 Å². The predicted molar refractivity (Wildman–Crippen MR) is 152 cm³/mol. The number of carbonyl (C=O) groups excluding carboxylic acids is 1. The molecule has 9 nitrogen and oxygen atoms in total. The molecule has 41 heavy (non-hydrogen) atoms. The van der Waals surface area contributed by atoms with Gasteiger partial charge in [-0.2, -0.15) is 0 Å². The van der Waals surface area contributed by atoms with Crippen LogP contribution in [-0.4, -0.2) is 26.8 Å². The van der Waals surface area contributed by atoms with Crippen molar-refractivity contribution >= 4 is 22.6 Å². The van der Waals surface area contributed by atoms with Crippen molar-refractivity contribution in [3.63, 3.8) is 0 Å². The van der Waals surface area contributed by atoms with Gasteiger partial charge in [-0.25, -0.2) is 20.2 Å². The zero-order valence-electron chi connectivity index (χ0n) is 21.7. The SMILES string of the molecule is NNN=C(N)c1cccc(-c2cccnc2C(Cc2cc(F)cc(F)c2)NC(=O)Cc2c[nH]c3ccc(O)cc23)c1. The summed E-state index contributed by atoms with van der Waals surface area (Å²) in [5.74, 6) is 3.74. The number of hydrazine groups is 1. The van der Waals surface area contributed by atoms with Crippen LogP contribution >= 0.6 is 0 Å². The van der Waals surface area contributed by atoms with E-state index < -0.39 is 17.7 Å². The molecule has 1 atom stereocenters. The fourth-order valence-electron chi connectivity index (χ4n) is 4.83. The Morgan fingerprint density at radius 1 is 1.05 bits per heavy atom. The second kappa shape index (κ2) is 11.8. The lowest BCUT2D eigenvalue weighted by Gasteiger charge is -2.22. The standard InChI is InChI=1S/C30H27F2N7O2/c31-21-9-17(10-22(32)14-21)11-27(37-28(41)13-20-16-36-26-7-6-23(40)15-25(20)26)29-24(5-2-8-35-29)18-3-1-4-19(12-18)30(33)38-39-34/h1-10,12,14-16,27,36,39-40H,11,13,34H2,(H2,33,38)(H,37,41). The van der Waals surface area contributed by atoms with Gasteiger partial charge in [0.05, 0.1) is 18.2 Å². The van der Waals surface area contributed by atoms with Crippen molar-refractivity contribution in [1.82, 2.24) is 20.8 Å². The van der Waals surface area contributed by atoms with Gasteiger partial charge in [-0.1, -0.05) is 24.3 Å². The molecule has 0 saturated carbocycles. The van der Waals surface area contributed by atoms with Crippen molar-refractivity contribution in [1.29, 1.82) is 0 Å². The number of aromatic nitrogens is 2. The number of benzene rings is 3. The van der Waals surface area contributed by atoms with Crippen molar-refractivity contribution in [2.45, 2.75) is 18.9 Å². The number of phenols is 1. The molecule has 208 valence electrons. The molecule has 5 rings (SSSR count). The van der Waals surface area contributed by atoms with E-state index in [2.05, 4.69) is 25.9 Å². The Balaban J connectivity index is 1.52. The van der Waals surface area contributed by atoms with Crippen LogP contribution in [0, 0.1) is 11.6 Å². The van der Waals surface area contributed by atoms with Gasteiger partial charge >= 0.3 is 0 Å². The minimum atomic E-state index is -0.751. The van der Waals surface area contributed by atoms with Gasteiger partial charge in [0.2, 0.25) is 5.91 Å². The van der Waals surface area contributed by atoms with Crippen LogP contribution in [0.15, 0.2) is 90.3 Å². The number of amides is 1. The topological polar surface area (TPSA) is 154 Å². The Hall–Kier alpha value is -5.29. The van der Waals surface area contributed by atoms with E-state index >= 15 is 0 Å². The maximum Gasteiger partial charge on any atom is 0.225 e. The van der Waals surface area contributed by atoms with Crippen molar-refractivity contribution in [2.24, 2.45) is 16.7 Å². The van der Waals surface area contributed by atoms with E-state index in [4.69, 9.17) is 11.6 Å². The van der Waals surface area contributed by atoms with Crippen LogP contribution in [0.4, 0.5) is 8.78 Å². The molecule has 5 aromatic rings. The monoisotopic (exact) mass is 555 g/mol. The summed E-state index contributed by atoms with van der Waals surface area (Å²) in [5.41, 5.74) is 12.5. The van der Waals surface area contributed by atoms with E-state index in [0.717, 1.165) is 17.1 Å². The van der Waals surface area contributed by atoms with Gasteiger partial charge in [0.1, 0.15) is 17.4 Å². The van der Waals surface area contributed by atoms with Crippen LogP contribution in [0.25, 0.3) is 22.0 Å². The fourth-order valence-corrected chi connectivity index (χ4v) is 4.83. The van der Waals surface area contributed by atoms with Gasteiger partial charge < -0.3 is 21.1 Å². The number of hydrogen-bond acceptors (Lipinski definition) is 6. The third-order valence-electron chi connectivity index (χ3n) is 6.62. The highest BCUT2D eigenvalue weighted by Gasteiger charge is 2.22. The number of hydrogen-bond donors (Lipinski definition) is 6. The average Bonchev–Trinajstić information content (AvgIpc) is 3.33. The lowest BCUT2D eigenvalue weighted by molar-refractivity contribution is -0.121. The van der Waals surface area contributed by atoms with Crippen LogP contribution in [0.3, 0.4) is 0 Å². The van der Waals surface area contributed by atoms with Gasteiger partial charge in [0.25, 0.3) is 0 Å². The summed E-state index contributed by atoms with van der Waals surface area (Å²) >= 11 is 0. The van der Waals surface area contributed by atoms with E-state index in [9.17, 15) is 18.7 Å². The zero-order chi connectivity index (χ0) is 28.9. The van der Waals surface area contributed by atoms with Gasteiger partial charge in [0.15, 0.2) is 5.84 Å². The number of H-pyrrole nitrogens is 1.